The summed E-state index contributed by atoms with van der Waals surface area (Å²) in [5, 5.41) is 0. The number of imidazole rings is 1. The number of hydrogen-bond donors (Lipinski definition) is 1. The molecular formula is C15H22N4O. The summed E-state index contributed by atoms with van der Waals surface area (Å²) in [6.07, 6.45) is 0. The zero-order valence-electron chi connectivity index (χ0n) is 12.2. The molecule has 2 N–H and O–H groups in total. The number of anilines is 1. The third-order valence-electron chi connectivity index (χ3n) is 4.14. The number of aryl methyl sites for hydroxylation is 2. The SMILES string of the molecule is Cc1cc2nc(N)n(CCN3CCOCC3)c2cc1C. The van der Waals surface area contributed by atoms with Gasteiger partial charge in [-0.3, -0.25) is 4.90 Å². The second-order valence-electron chi connectivity index (χ2n) is 5.50. The van der Waals surface area contributed by atoms with Crippen molar-refractivity contribution in [1.29, 1.82) is 0 Å². The van der Waals surface area contributed by atoms with Crippen LogP contribution in [-0.4, -0.2) is 47.3 Å². The predicted octanol–water partition coefficient (Wildman–Crippen LogP) is 1.57. The number of hydrogen-bond acceptors (Lipinski definition) is 4. The molecule has 3 rings (SSSR count). The summed E-state index contributed by atoms with van der Waals surface area (Å²) in [6.45, 7) is 9.78. The molecule has 1 aromatic heterocycles. The fourth-order valence-corrected chi connectivity index (χ4v) is 2.70. The average Bonchev–Trinajstić information content (AvgIpc) is 2.73. The van der Waals surface area contributed by atoms with Crippen LogP contribution in [0.3, 0.4) is 0 Å². The van der Waals surface area contributed by atoms with Crippen molar-refractivity contribution in [2.24, 2.45) is 0 Å². The van der Waals surface area contributed by atoms with Gasteiger partial charge < -0.3 is 15.0 Å². The molecule has 0 aliphatic carbocycles. The maximum atomic E-state index is 6.08. The van der Waals surface area contributed by atoms with Crippen LogP contribution in [0.25, 0.3) is 11.0 Å². The van der Waals surface area contributed by atoms with Gasteiger partial charge in [0.25, 0.3) is 0 Å². The first kappa shape index (κ1) is 13.4. The first-order chi connectivity index (χ1) is 9.65. The second-order valence-corrected chi connectivity index (χ2v) is 5.50. The largest absolute Gasteiger partial charge is 0.379 e. The lowest BCUT2D eigenvalue weighted by atomic mass is 10.1. The average molecular weight is 274 g/mol. The summed E-state index contributed by atoms with van der Waals surface area (Å²) in [5.41, 5.74) is 10.8. The minimum atomic E-state index is 0.609. The molecule has 0 atom stereocenters. The van der Waals surface area contributed by atoms with Crippen LogP contribution < -0.4 is 5.73 Å². The van der Waals surface area contributed by atoms with Gasteiger partial charge in [0.15, 0.2) is 0 Å². The number of morpholine rings is 1. The van der Waals surface area contributed by atoms with E-state index in [9.17, 15) is 0 Å². The predicted molar refractivity (Wildman–Crippen MR) is 80.9 cm³/mol. The third kappa shape index (κ3) is 2.51. The molecule has 5 nitrogen and oxygen atoms in total. The highest BCUT2D eigenvalue weighted by atomic mass is 16.5. The summed E-state index contributed by atoms with van der Waals surface area (Å²) in [7, 11) is 0. The van der Waals surface area contributed by atoms with E-state index < -0.39 is 0 Å². The van der Waals surface area contributed by atoms with Crippen LogP contribution in [0.2, 0.25) is 0 Å². The molecule has 1 aromatic carbocycles. The van der Waals surface area contributed by atoms with Crippen molar-refractivity contribution in [2.45, 2.75) is 20.4 Å². The number of nitrogens with zero attached hydrogens (tertiary/aromatic N) is 3. The number of rotatable bonds is 3. The van der Waals surface area contributed by atoms with Crippen LogP contribution in [0.4, 0.5) is 5.95 Å². The lowest BCUT2D eigenvalue weighted by molar-refractivity contribution is 0.0366. The topological polar surface area (TPSA) is 56.3 Å². The molecule has 5 heteroatoms. The van der Waals surface area contributed by atoms with E-state index in [0.717, 1.165) is 50.4 Å². The fourth-order valence-electron chi connectivity index (χ4n) is 2.70. The number of aromatic nitrogens is 2. The van der Waals surface area contributed by atoms with Crippen molar-refractivity contribution in [3.05, 3.63) is 23.3 Å². The molecule has 1 aliphatic heterocycles. The molecule has 108 valence electrons. The quantitative estimate of drug-likeness (QED) is 0.923. The van der Waals surface area contributed by atoms with Crippen molar-refractivity contribution in [3.8, 4) is 0 Å². The highest BCUT2D eigenvalue weighted by Gasteiger charge is 2.13. The fraction of sp³-hybridized carbons (Fsp3) is 0.533. The maximum absolute atomic E-state index is 6.08. The zero-order chi connectivity index (χ0) is 14.1. The Labute approximate surface area is 119 Å². The van der Waals surface area contributed by atoms with Crippen LogP contribution in [0.5, 0.6) is 0 Å². The third-order valence-corrected chi connectivity index (χ3v) is 4.14. The Hall–Kier alpha value is -1.59. The number of benzene rings is 1. The van der Waals surface area contributed by atoms with Crippen molar-refractivity contribution in [1.82, 2.24) is 14.5 Å². The summed E-state index contributed by atoms with van der Waals surface area (Å²) in [6, 6.07) is 4.31. The molecule has 1 fully saturated rings. The van der Waals surface area contributed by atoms with E-state index in [1.165, 1.54) is 11.1 Å². The summed E-state index contributed by atoms with van der Waals surface area (Å²) in [4.78, 5) is 6.89. The molecule has 0 bridgehead atoms. The molecule has 0 saturated carbocycles. The van der Waals surface area contributed by atoms with Gasteiger partial charge in [-0.25, -0.2) is 4.98 Å². The molecule has 2 heterocycles. The van der Waals surface area contributed by atoms with Gasteiger partial charge in [0.2, 0.25) is 5.95 Å². The Morgan fingerprint density at radius 3 is 2.60 bits per heavy atom. The van der Waals surface area contributed by atoms with E-state index in [1.54, 1.807) is 0 Å². The molecule has 0 amide bonds. The van der Waals surface area contributed by atoms with Crippen LogP contribution in [-0.2, 0) is 11.3 Å². The van der Waals surface area contributed by atoms with E-state index in [1.807, 2.05) is 0 Å². The number of nitrogens with two attached hydrogens (primary N) is 1. The van der Waals surface area contributed by atoms with E-state index in [0.29, 0.717) is 5.95 Å². The molecule has 1 aliphatic rings. The highest BCUT2D eigenvalue weighted by Crippen LogP contribution is 2.21. The van der Waals surface area contributed by atoms with E-state index in [-0.39, 0.29) is 0 Å². The highest BCUT2D eigenvalue weighted by molar-refractivity contribution is 5.80. The minimum absolute atomic E-state index is 0.609. The lowest BCUT2D eigenvalue weighted by Gasteiger charge is -2.26. The maximum Gasteiger partial charge on any atom is 0.201 e. The van der Waals surface area contributed by atoms with E-state index >= 15 is 0 Å². The first-order valence-corrected chi connectivity index (χ1v) is 7.18. The standard InChI is InChI=1S/C15H22N4O/c1-11-9-13-14(10-12(11)2)19(15(16)17-13)4-3-18-5-7-20-8-6-18/h9-10H,3-8H2,1-2H3,(H2,16,17). The normalized spacial score (nSPS) is 16.9. The minimum Gasteiger partial charge on any atom is -0.379 e. The van der Waals surface area contributed by atoms with Crippen molar-refractivity contribution in [2.75, 3.05) is 38.6 Å². The number of fused-ring (bicyclic) bond motifs is 1. The van der Waals surface area contributed by atoms with Crippen molar-refractivity contribution in [3.63, 3.8) is 0 Å². The van der Waals surface area contributed by atoms with Crippen LogP contribution >= 0.6 is 0 Å². The molecule has 20 heavy (non-hydrogen) atoms. The molecule has 2 aromatic rings. The van der Waals surface area contributed by atoms with E-state index in [4.69, 9.17) is 10.5 Å². The summed E-state index contributed by atoms with van der Waals surface area (Å²) >= 11 is 0. The van der Waals surface area contributed by atoms with E-state index in [2.05, 4.69) is 40.4 Å². The van der Waals surface area contributed by atoms with Gasteiger partial charge >= 0.3 is 0 Å². The molecule has 0 radical (unpaired) electrons. The monoisotopic (exact) mass is 274 g/mol. The first-order valence-electron chi connectivity index (χ1n) is 7.18. The Morgan fingerprint density at radius 1 is 1.15 bits per heavy atom. The van der Waals surface area contributed by atoms with Gasteiger partial charge in [0.05, 0.1) is 24.2 Å². The number of nitrogen functional groups attached to an aromatic ring is 1. The van der Waals surface area contributed by atoms with Crippen LogP contribution in [0, 0.1) is 13.8 Å². The second kappa shape index (κ2) is 5.42. The number of ether oxygens (including phenoxy) is 1. The van der Waals surface area contributed by atoms with Crippen molar-refractivity contribution < 1.29 is 4.74 Å². The Morgan fingerprint density at radius 2 is 1.85 bits per heavy atom. The van der Waals surface area contributed by atoms with Gasteiger partial charge in [0, 0.05) is 26.2 Å². The van der Waals surface area contributed by atoms with Crippen molar-refractivity contribution >= 4 is 17.0 Å². The van der Waals surface area contributed by atoms with Gasteiger partial charge in [-0.15, -0.1) is 0 Å². The molecular weight excluding hydrogens is 252 g/mol. The van der Waals surface area contributed by atoms with Gasteiger partial charge in [-0.05, 0) is 37.1 Å². The van der Waals surface area contributed by atoms with Gasteiger partial charge in [-0.2, -0.15) is 0 Å². The molecule has 0 unspecified atom stereocenters. The Balaban J connectivity index is 1.83. The van der Waals surface area contributed by atoms with Crippen LogP contribution in [0.1, 0.15) is 11.1 Å². The Bertz CT molecular complexity index is 614. The van der Waals surface area contributed by atoms with Gasteiger partial charge in [0.1, 0.15) is 0 Å². The zero-order valence-corrected chi connectivity index (χ0v) is 12.2. The molecule has 0 spiro atoms. The lowest BCUT2D eigenvalue weighted by Crippen LogP contribution is -2.38. The van der Waals surface area contributed by atoms with Gasteiger partial charge in [-0.1, -0.05) is 0 Å². The summed E-state index contributed by atoms with van der Waals surface area (Å²) in [5.74, 6) is 0.609. The van der Waals surface area contributed by atoms with Crippen LogP contribution in [0.15, 0.2) is 12.1 Å². The molecule has 1 saturated heterocycles. The Kier molecular flexibility index (Phi) is 3.63. The summed E-state index contributed by atoms with van der Waals surface area (Å²) < 4.78 is 7.50. The smallest absolute Gasteiger partial charge is 0.201 e.